The zero-order chi connectivity index (χ0) is 31.1. The predicted octanol–water partition coefficient (Wildman–Crippen LogP) is 11.7. The van der Waals surface area contributed by atoms with Crippen LogP contribution in [-0.2, 0) is 5.41 Å². The molecule has 3 heterocycles. The smallest absolute Gasteiger partial charge is 0.0764 e. The third-order valence-corrected chi connectivity index (χ3v) is 11.3. The zero-order valence-corrected chi connectivity index (χ0v) is 26.7. The summed E-state index contributed by atoms with van der Waals surface area (Å²) in [4.78, 5) is 5.08. The van der Waals surface area contributed by atoms with Crippen molar-refractivity contribution in [2.24, 2.45) is 0 Å². The third kappa shape index (κ3) is 3.58. The van der Waals surface area contributed by atoms with Crippen molar-refractivity contribution in [1.82, 2.24) is 4.57 Å². The standard InChI is InChI=1S/C44H30N2S/c1-29-23-25-31(26-24-29)45-37-19-9-5-15-32(37)42-40(45)28-27-36-43(42)47-41-22-12-8-18-35(41)44(36)33-16-6-10-20-38(33)46(30-13-3-2-4-14-30)39-21-11-7-17-34(39)44/h2-28H,1H3. The van der Waals surface area contributed by atoms with Crippen LogP contribution in [0.5, 0.6) is 0 Å². The molecule has 222 valence electrons. The Morgan fingerprint density at radius 2 is 1.09 bits per heavy atom. The van der Waals surface area contributed by atoms with Crippen LogP contribution in [0.4, 0.5) is 17.1 Å². The van der Waals surface area contributed by atoms with E-state index in [1.807, 2.05) is 11.8 Å². The molecule has 3 heteroatoms. The Morgan fingerprint density at radius 3 is 1.83 bits per heavy atom. The molecule has 0 aliphatic carbocycles. The Kier molecular flexibility index (Phi) is 5.67. The van der Waals surface area contributed by atoms with Gasteiger partial charge in [0, 0.05) is 31.9 Å². The maximum absolute atomic E-state index is 2.45. The highest BCUT2D eigenvalue weighted by Gasteiger charge is 2.50. The number of hydrogen-bond donors (Lipinski definition) is 0. The first-order valence-corrected chi connectivity index (χ1v) is 17.0. The summed E-state index contributed by atoms with van der Waals surface area (Å²) >= 11 is 1.92. The number of aromatic nitrogens is 1. The van der Waals surface area contributed by atoms with Gasteiger partial charge in [0.2, 0.25) is 0 Å². The van der Waals surface area contributed by atoms with Crippen LogP contribution in [-0.4, -0.2) is 4.57 Å². The van der Waals surface area contributed by atoms with E-state index < -0.39 is 5.41 Å². The normalized spacial score (nSPS) is 14.1. The zero-order valence-electron chi connectivity index (χ0n) is 25.9. The van der Waals surface area contributed by atoms with Crippen molar-refractivity contribution in [3.8, 4) is 5.69 Å². The highest BCUT2D eigenvalue weighted by Crippen LogP contribution is 2.64. The average molecular weight is 619 g/mol. The number of rotatable bonds is 2. The van der Waals surface area contributed by atoms with Gasteiger partial charge in [-0.05, 0) is 83.8 Å². The molecule has 0 radical (unpaired) electrons. The second-order valence-corrected chi connectivity index (χ2v) is 13.6. The first kappa shape index (κ1) is 26.7. The van der Waals surface area contributed by atoms with E-state index in [0.717, 1.165) is 5.69 Å². The second-order valence-electron chi connectivity index (χ2n) is 12.6. The summed E-state index contributed by atoms with van der Waals surface area (Å²) in [6.07, 6.45) is 0. The van der Waals surface area contributed by atoms with E-state index in [1.165, 1.54) is 76.5 Å². The van der Waals surface area contributed by atoms with E-state index >= 15 is 0 Å². The molecule has 1 spiro atoms. The van der Waals surface area contributed by atoms with Crippen LogP contribution in [0.3, 0.4) is 0 Å². The van der Waals surface area contributed by atoms with E-state index in [2.05, 4.69) is 180 Å². The molecule has 0 saturated heterocycles. The Bertz CT molecular complexity index is 2460. The van der Waals surface area contributed by atoms with Gasteiger partial charge < -0.3 is 9.47 Å². The van der Waals surface area contributed by atoms with Crippen molar-refractivity contribution < 1.29 is 0 Å². The highest BCUT2D eigenvalue weighted by atomic mass is 32.2. The first-order chi connectivity index (χ1) is 23.2. The molecule has 0 fully saturated rings. The van der Waals surface area contributed by atoms with Crippen molar-refractivity contribution in [2.75, 3.05) is 4.90 Å². The summed E-state index contributed by atoms with van der Waals surface area (Å²) in [5, 5.41) is 2.60. The van der Waals surface area contributed by atoms with Gasteiger partial charge in [0.1, 0.15) is 0 Å². The average Bonchev–Trinajstić information content (AvgIpc) is 3.47. The third-order valence-electron chi connectivity index (χ3n) is 10.1. The number of hydrogen-bond acceptors (Lipinski definition) is 2. The monoisotopic (exact) mass is 618 g/mol. The number of benzene rings is 7. The van der Waals surface area contributed by atoms with Crippen LogP contribution in [0.2, 0.25) is 0 Å². The van der Waals surface area contributed by atoms with Gasteiger partial charge in [-0.3, -0.25) is 0 Å². The number of para-hydroxylation sites is 4. The van der Waals surface area contributed by atoms with Crippen LogP contribution >= 0.6 is 11.8 Å². The molecular formula is C44H30N2S. The van der Waals surface area contributed by atoms with Crippen LogP contribution in [0.1, 0.15) is 27.8 Å². The fourth-order valence-electron chi connectivity index (χ4n) is 8.20. The number of anilines is 3. The van der Waals surface area contributed by atoms with Gasteiger partial charge in [-0.2, -0.15) is 0 Å². The van der Waals surface area contributed by atoms with E-state index in [9.17, 15) is 0 Å². The molecular weight excluding hydrogens is 589 g/mol. The fourth-order valence-corrected chi connectivity index (χ4v) is 9.55. The van der Waals surface area contributed by atoms with Gasteiger partial charge in [0.05, 0.1) is 27.8 Å². The maximum Gasteiger partial charge on any atom is 0.0764 e. The Hall–Kier alpha value is -5.51. The molecule has 0 atom stereocenters. The van der Waals surface area contributed by atoms with Gasteiger partial charge in [0.15, 0.2) is 0 Å². The fraction of sp³-hybridized carbons (Fsp3) is 0.0455. The molecule has 2 aliphatic rings. The Morgan fingerprint density at radius 1 is 0.468 bits per heavy atom. The Balaban J connectivity index is 1.37. The molecule has 1 aromatic heterocycles. The van der Waals surface area contributed by atoms with Crippen molar-refractivity contribution >= 4 is 50.6 Å². The van der Waals surface area contributed by atoms with Gasteiger partial charge in [-0.15, -0.1) is 0 Å². The lowest BCUT2D eigenvalue weighted by Crippen LogP contribution is -2.39. The molecule has 7 aromatic carbocycles. The predicted molar refractivity (Wildman–Crippen MR) is 196 cm³/mol. The van der Waals surface area contributed by atoms with Gasteiger partial charge >= 0.3 is 0 Å². The summed E-state index contributed by atoms with van der Waals surface area (Å²) in [6.45, 7) is 2.15. The van der Waals surface area contributed by atoms with E-state index in [0.29, 0.717) is 0 Å². The van der Waals surface area contributed by atoms with Gasteiger partial charge in [-0.25, -0.2) is 0 Å². The largest absolute Gasteiger partial charge is 0.310 e. The van der Waals surface area contributed by atoms with E-state index in [4.69, 9.17) is 0 Å². The van der Waals surface area contributed by atoms with Crippen molar-refractivity contribution in [1.29, 1.82) is 0 Å². The lowest BCUT2D eigenvalue weighted by molar-refractivity contribution is 0.695. The quantitative estimate of drug-likeness (QED) is 0.190. The van der Waals surface area contributed by atoms with Crippen LogP contribution in [0.25, 0.3) is 27.5 Å². The lowest BCUT2D eigenvalue weighted by atomic mass is 9.62. The molecule has 2 nitrogen and oxygen atoms in total. The molecule has 0 N–H and O–H groups in total. The second kappa shape index (κ2) is 9.99. The molecule has 0 amide bonds. The summed E-state index contributed by atoms with van der Waals surface area (Å²) < 4.78 is 2.44. The van der Waals surface area contributed by atoms with Crippen molar-refractivity contribution in [2.45, 2.75) is 22.1 Å². The molecule has 47 heavy (non-hydrogen) atoms. The van der Waals surface area contributed by atoms with Crippen LogP contribution in [0.15, 0.2) is 174 Å². The molecule has 8 aromatic rings. The topological polar surface area (TPSA) is 8.17 Å². The SMILES string of the molecule is Cc1ccc(-n2c3ccccc3c3c4c(ccc32)C2(c3ccccc3S4)c3ccccc3N(c3ccccc3)c3ccccc32)cc1. The van der Waals surface area contributed by atoms with Crippen molar-refractivity contribution in [3.63, 3.8) is 0 Å². The van der Waals surface area contributed by atoms with E-state index in [-0.39, 0.29) is 0 Å². The minimum atomic E-state index is -0.503. The summed E-state index contributed by atoms with van der Waals surface area (Å²) in [5.41, 5.74) is 13.3. The molecule has 0 bridgehead atoms. The summed E-state index contributed by atoms with van der Waals surface area (Å²) in [6, 6.07) is 60.6. The van der Waals surface area contributed by atoms with Gasteiger partial charge in [-0.1, -0.05) is 127 Å². The van der Waals surface area contributed by atoms with Gasteiger partial charge in [0.25, 0.3) is 0 Å². The Labute approximate surface area is 278 Å². The number of nitrogens with zero attached hydrogens (tertiary/aromatic N) is 2. The van der Waals surface area contributed by atoms with Crippen LogP contribution in [0, 0.1) is 6.92 Å². The highest BCUT2D eigenvalue weighted by molar-refractivity contribution is 7.99. The van der Waals surface area contributed by atoms with E-state index in [1.54, 1.807) is 0 Å². The molecule has 2 aliphatic heterocycles. The maximum atomic E-state index is 2.45. The molecule has 10 rings (SSSR count). The number of aryl methyl sites for hydroxylation is 1. The number of fused-ring (bicyclic) bond motifs is 12. The lowest BCUT2D eigenvalue weighted by Gasteiger charge is -2.49. The summed E-state index contributed by atoms with van der Waals surface area (Å²) in [5.74, 6) is 0. The minimum Gasteiger partial charge on any atom is -0.310 e. The molecule has 0 saturated carbocycles. The van der Waals surface area contributed by atoms with Crippen molar-refractivity contribution in [3.05, 3.63) is 192 Å². The molecule has 0 unspecified atom stereocenters. The summed E-state index contributed by atoms with van der Waals surface area (Å²) in [7, 11) is 0. The van der Waals surface area contributed by atoms with Crippen LogP contribution < -0.4 is 4.90 Å². The first-order valence-electron chi connectivity index (χ1n) is 16.2. The minimum absolute atomic E-state index is 0.503.